The van der Waals surface area contributed by atoms with Crippen molar-refractivity contribution in [1.82, 2.24) is 0 Å². The summed E-state index contributed by atoms with van der Waals surface area (Å²) in [6, 6.07) is 6.00. The molecule has 1 rings (SSSR count). The van der Waals surface area contributed by atoms with Crippen LogP contribution in [0.4, 0.5) is 0 Å². The van der Waals surface area contributed by atoms with Gasteiger partial charge in [0.1, 0.15) is 5.75 Å². The maximum absolute atomic E-state index is 11.2. The van der Waals surface area contributed by atoms with Gasteiger partial charge >= 0.3 is 5.97 Å². The predicted octanol–water partition coefficient (Wildman–Crippen LogP) is 2.67. The van der Waals surface area contributed by atoms with Crippen LogP contribution >= 0.6 is 0 Å². The lowest BCUT2D eigenvalue weighted by atomic mass is 9.96. The molecule has 0 N–H and O–H groups in total. The first-order valence-electron chi connectivity index (χ1n) is 5.29. The van der Waals surface area contributed by atoms with Crippen LogP contribution in [0.25, 0.3) is 0 Å². The van der Waals surface area contributed by atoms with Gasteiger partial charge in [-0.2, -0.15) is 0 Å². The third-order valence-corrected chi connectivity index (χ3v) is 2.62. The largest absolute Gasteiger partial charge is 0.496 e. The minimum Gasteiger partial charge on any atom is -0.496 e. The van der Waals surface area contributed by atoms with Crippen molar-refractivity contribution < 1.29 is 14.3 Å². The van der Waals surface area contributed by atoms with Gasteiger partial charge in [-0.05, 0) is 30.0 Å². The Morgan fingerprint density at radius 2 is 2.06 bits per heavy atom. The third kappa shape index (κ3) is 2.99. The SMILES string of the molecule is COC(=O)CC(C)c1ccc(C)cc1OC. The summed E-state index contributed by atoms with van der Waals surface area (Å²) in [4.78, 5) is 11.2. The zero-order valence-electron chi connectivity index (χ0n) is 10.2. The van der Waals surface area contributed by atoms with E-state index in [0.29, 0.717) is 6.42 Å². The Balaban J connectivity index is 2.90. The molecule has 88 valence electrons. The monoisotopic (exact) mass is 222 g/mol. The molecule has 0 aliphatic rings. The molecular weight excluding hydrogens is 204 g/mol. The van der Waals surface area contributed by atoms with Crippen LogP contribution in [0.1, 0.15) is 30.4 Å². The molecule has 0 aliphatic heterocycles. The van der Waals surface area contributed by atoms with E-state index in [4.69, 9.17) is 4.74 Å². The van der Waals surface area contributed by atoms with Crippen LogP contribution in [-0.2, 0) is 9.53 Å². The van der Waals surface area contributed by atoms with Gasteiger partial charge in [0.05, 0.1) is 20.6 Å². The molecule has 0 saturated heterocycles. The third-order valence-electron chi connectivity index (χ3n) is 2.62. The predicted molar refractivity (Wildman–Crippen MR) is 62.8 cm³/mol. The highest BCUT2D eigenvalue weighted by Crippen LogP contribution is 2.29. The number of hydrogen-bond donors (Lipinski definition) is 0. The minimum atomic E-state index is -0.199. The first-order chi connectivity index (χ1) is 7.58. The minimum absolute atomic E-state index is 0.1000. The van der Waals surface area contributed by atoms with E-state index in [1.165, 1.54) is 7.11 Å². The standard InChI is InChI=1S/C13H18O3/c1-9-5-6-11(12(7-9)15-3)10(2)8-13(14)16-4/h5-7,10H,8H2,1-4H3. The topological polar surface area (TPSA) is 35.5 Å². The van der Waals surface area contributed by atoms with Gasteiger partial charge in [0, 0.05) is 0 Å². The highest BCUT2D eigenvalue weighted by molar-refractivity contribution is 5.70. The highest BCUT2D eigenvalue weighted by Gasteiger charge is 2.15. The quantitative estimate of drug-likeness (QED) is 0.735. The van der Waals surface area contributed by atoms with Gasteiger partial charge < -0.3 is 9.47 Å². The fourth-order valence-electron chi connectivity index (χ4n) is 1.67. The Hall–Kier alpha value is -1.51. The Morgan fingerprint density at radius 1 is 1.38 bits per heavy atom. The van der Waals surface area contributed by atoms with E-state index in [1.54, 1.807) is 7.11 Å². The molecule has 0 aliphatic carbocycles. The smallest absolute Gasteiger partial charge is 0.306 e. The van der Waals surface area contributed by atoms with E-state index in [9.17, 15) is 4.79 Å². The number of benzene rings is 1. The van der Waals surface area contributed by atoms with Crippen molar-refractivity contribution in [2.75, 3.05) is 14.2 Å². The molecule has 0 spiro atoms. The summed E-state index contributed by atoms with van der Waals surface area (Å²) in [6.45, 7) is 4.00. The summed E-state index contributed by atoms with van der Waals surface area (Å²) < 4.78 is 9.97. The summed E-state index contributed by atoms with van der Waals surface area (Å²) in [7, 11) is 3.05. The second-order valence-electron chi connectivity index (χ2n) is 3.93. The molecule has 0 radical (unpaired) electrons. The van der Waals surface area contributed by atoms with Crippen LogP contribution < -0.4 is 4.74 Å². The van der Waals surface area contributed by atoms with E-state index in [-0.39, 0.29) is 11.9 Å². The molecule has 3 heteroatoms. The van der Waals surface area contributed by atoms with Crippen molar-refractivity contribution in [1.29, 1.82) is 0 Å². The second-order valence-corrected chi connectivity index (χ2v) is 3.93. The lowest BCUT2D eigenvalue weighted by Crippen LogP contribution is -2.07. The van der Waals surface area contributed by atoms with Crippen LogP contribution in [0, 0.1) is 6.92 Å². The molecule has 3 nitrogen and oxygen atoms in total. The van der Waals surface area contributed by atoms with E-state index in [1.807, 2.05) is 32.0 Å². The molecule has 0 heterocycles. The highest BCUT2D eigenvalue weighted by atomic mass is 16.5. The van der Waals surface area contributed by atoms with Gasteiger partial charge in [-0.3, -0.25) is 4.79 Å². The number of esters is 1. The summed E-state index contributed by atoms with van der Waals surface area (Å²) in [5, 5.41) is 0. The first-order valence-corrected chi connectivity index (χ1v) is 5.29. The van der Waals surface area contributed by atoms with Crippen LogP contribution in [0.15, 0.2) is 18.2 Å². The number of methoxy groups -OCH3 is 2. The van der Waals surface area contributed by atoms with Crippen molar-refractivity contribution in [3.05, 3.63) is 29.3 Å². The molecule has 1 atom stereocenters. The van der Waals surface area contributed by atoms with Crippen LogP contribution in [0.3, 0.4) is 0 Å². The summed E-state index contributed by atoms with van der Waals surface area (Å²) in [5.74, 6) is 0.731. The lowest BCUT2D eigenvalue weighted by Gasteiger charge is -2.15. The number of hydrogen-bond acceptors (Lipinski definition) is 3. The van der Waals surface area contributed by atoms with Crippen LogP contribution in [-0.4, -0.2) is 20.2 Å². The summed E-state index contributed by atoms with van der Waals surface area (Å²) in [6.07, 6.45) is 0.371. The molecule has 1 aromatic carbocycles. The fraction of sp³-hybridized carbons (Fsp3) is 0.462. The van der Waals surface area contributed by atoms with Crippen molar-refractivity contribution in [2.24, 2.45) is 0 Å². The molecule has 0 saturated carbocycles. The van der Waals surface area contributed by atoms with E-state index < -0.39 is 0 Å². The molecule has 16 heavy (non-hydrogen) atoms. The Labute approximate surface area is 96.4 Å². The second kappa shape index (κ2) is 5.54. The first kappa shape index (κ1) is 12.6. The molecule has 0 bridgehead atoms. The Kier molecular flexibility index (Phi) is 4.35. The van der Waals surface area contributed by atoms with E-state index in [2.05, 4.69) is 4.74 Å². The van der Waals surface area contributed by atoms with Gasteiger partial charge in [-0.1, -0.05) is 19.1 Å². The summed E-state index contributed by atoms with van der Waals surface area (Å²) >= 11 is 0. The normalized spacial score (nSPS) is 12.0. The maximum atomic E-state index is 11.2. The number of rotatable bonds is 4. The van der Waals surface area contributed by atoms with Crippen LogP contribution in [0.2, 0.25) is 0 Å². The van der Waals surface area contributed by atoms with Gasteiger partial charge in [-0.15, -0.1) is 0 Å². The van der Waals surface area contributed by atoms with Gasteiger partial charge in [0.15, 0.2) is 0 Å². The van der Waals surface area contributed by atoms with Gasteiger partial charge in [0.25, 0.3) is 0 Å². The van der Waals surface area contributed by atoms with Crippen molar-refractivity contribution >= 4 is 5.97 Å². The number of aryl methyl sites for hydroxylation is 1. The average molecular weight is 222 g/mol. The Bertz CT molecular complexity index is 371. The van der Waals surface area contributed by atoms with Crippen LogP contribution in [0.5, 0.6) is 5.75 Å². The molecular formula is C13H18O3. The van der Waals surface area contributed by atoms with Gasteiger partial charge in [-0.25, -0.2) is 0 Å². The molecule has 0 amide bonds. The van der Waals surface area contributed by atoms with Crippen molar-refractivity contribution in [3.8, 4) is 5.75 Å². The molecule has 1 unspecified atom stereocenters. The lowest BCUT2D eigenvalue weighted by molar-refractivity contribution is -0.140. The fourth-order valence-corrected chi connectivity index (χ4v) is 1.67. The zero-order valence-corrected chi connectivity index (χ0v) is 10.2. The summed E-state index contributed by atoms with van der Waals surface area (Å²) in [5.41, 5.74) is 2.18. The number of carbonyl (C=O) groups is 1. The Morgan fingerprint density at radius 3 is 2.62 bits per heavy atom. The van der Waals surface area contributed by atoms with Crippen molar-refractivity contribution in [2.45, 2.75) is 26.2 Å². The van der Waals surface area contributed by atoms with Gasteiger partial charge in [0.2, 0.25) is 0 Å². The number of ether oxygens (including phenoxy) is 2. The van der Waals surface area contributed by atoms with E-state index >= 15 is 0 Å². The van der Waals surface area contributed by atoms with Crippen molar-refractivity contribution in [3.63, 3.8) is 0 Å². The zero-order chi connectivity index (χ0) is 12.1. The molecule has 0 aromatic heterocycles. The maximum Gasteiger partial charge on any atom is 0.306 e. The van der Waals surface area contributed by atoms with E-state index in [0.717, 1.165) is 16.9 Å². The average Bonchev–Trinajstić information content (AvgIpc) is 2.28. The molecule has 0 fully saturated rings. The molecule has 1 aromatic rings. The number of carbonyl (C=O) groups excluding carboxylic acids is 1.